The second kappa shape index (κ2) is 15.4. The van der Waals surface area contributed by atoms with Gasteiger partial charge in [0.25, 0.3) is 0 Å². The maximum atomic E-state index is 10.6. The van der Waals surface area contributed by atoms with Gasteiger partial charge in [0.15, 0.2) is 11.5 Å². The Morgan fingerprint density at radius 3 is 2.26 bits per heavy atom. The zero-order valence-corrected chi connectivity index (χ0v) is 23.4. The van der Waals surface area contributed by atoms with Crippen molar-refractivity contribution in [1.82, 2.24) is 5.32 Å². The number of nitrogens with one attached hydrogen (secondary N) is 1. The molecule has 0 bridgehead atoms. The minimum Gasteiger partial charge on any atom is -0.496 e. The molecule has 2 aromatic carbocycles. The van der Waals surface area contributed by atoms with Gasteiger partial charge in [0.1, 0.15) is 5.75 Å². The molecule has 38 heavy (non-hydrogen) atoms. The normalized spacial score (nSPS) is 14.8. The van der Waals surface area contributed by atoms with Crippen LogP contribution in [0, 0.1) is 5.92 Å². The van der Waals surface area contributed by atoms with Crippen molar-refractivity contribution in [3.8, 4) is 17.2 Å². The van der Waals surface area contributed by atoms with Gasteiger partial charge in [-0.25, -0.2) is 4.79 Å². The summed E-state index contributed by atoms with van der Waals surface area (Å²) in [5, 5.41) is 21.9. The van der Waals surface area contributed by atoms with E-state index in [2.05, 4.69) is 25.2 Å². The van der Waals surface area contributed by atoms with E-state index in [4.69, 9.17) is 24.1 Å². The lowest BCUT2D eigenvalue weighted by Crippen LogP contribution is -2.46. The molecule has 8 heteroatoms. The molecule has 3 N–H and O–H groups in total. The van der Waals surface area contributed by atoms with Gasteiger partial charge in [0, 0.05) is 23.7 Å². The smallest absolute Gasteiger partial charge is 0.327 e. The van der Waals surface area contributed by atoms with Gasteiger partial charge in [-0.1, -0.05) is 30.3 Å². The SMILES string of the molecule is C/C=C/C(=O)O.COc1ccc(CC(C)(C)NC[C@@H](O)CO[C@@H](c2ccccc2OC)C2CC2)cc1OC. The molecule has 3 rings (SSSR count). The molecular formula is C30H43NO7. The van der Waals surface area contributed by atoms with Gasteiger partial charge in [-0.05, 0) is 69.7 Å². The summed E-state index contributed by atoms with van der Waals surface area (Å²) in [6.07, 6.45) is 5.00. The van der Waals surface area contributed by atoms with Crippen molar-refractivity contribution in [1.29, 1.82) is 0 Å². The quantitative estimate of drug-likeness (QED) is 0.300. The first-order valence-electron chi connectivity index (χ1n) is 12.9. The molecule has 0 aromatic heterocycles. The van der Waals surface area contributed by atoms with Crippen molar-refractivity contribution in [2.45, 2.75) is 57.8 Å². The number of carbonyl (C=O) groups is 1. The van der Waals surface area contributed by atoms with Crippen molar-refractivity contribution in [2.24, 2.45) is 5.92 Å². The number of hydrogen-bond acceptors (Lipinski definition) is 7. The number of allylic oxidation sites excluding steroid dienone is 1. The largest absolute Gasteiger partial charge is 0.496 e. The molecule has 0 spiro atoms. The van der Waals surface area contributed by atoms with E-state index in [1.54, 1.807) is 28.3 Å². The summed E-state index contributed by atoms with van der Waals surface area (Å²) >= 11 is 0. The number of aliphatic carboxylic acids is 1. The average Bonchev–Trinajstić information content (AvgIpc) is 3.73. The summed E-state index contributed by atoms with van der Waals surface area (Å²) in [6, 6.07) is 13.9. The van der Waals surface area contributed by atoms with Crippen LogP contribution in [0.15, 0.2) is 54.6 Å². The number of aliphatic hydroxyl groups excluding tert-OH is 1. The molecule has 1 aliphatic carbocycles. The molecule has 2 atom stereocenters. The maximum Gasteiger partial charge on any atom is 0.327 e. The third-order valence-corrected chi connectivity index (χ3v) is 6.18. The fourth-order valence-corrected chi connectivity index (χ4v) is 4.15. The third kappa shape index (κ3) is 10.4. The molecule has 1 aliphatic rings. The molecule has 0 unspecified atom stereocenters. The van der Waals surface area contributed by atoms with E-state index >= 15 is 0 Å². The van der Waals surface area contributed by atoms with Gasteiger partial charge in [-0.2, -0.15) is 0 Å². The molecule has 0 radical (unpaired) electrons. The van der Waals surface area contributed by atoms with E-state index in [1.807, 2.05) is 36.4 Å². The zero-order valence-electron chi connectivity index (χ0n) is 23.4. The van der Waals surface area contributed by atoms with E-state index in [1.165, 1.54) is 6.08 Å². The number of carboxylic acids is 1. The Kier molecular flexibility index (Phi) is 12.6. The molecule has 0 saturated heterocycles. The van der Waals surface area contributed by atoms with Gasteiger partial charge >= 0.3 is 5.97 Å². The topological polar surface area (TPSA) is 106 Å². The molecule has 0 aliphatic heterocycles. The Balaban J connectivity index is 0.000000757. The van der Waals surface area contributed by atoms with E-state index in [0.717, 1.165) is 53.7 Å². The van der Waals surface area contributed by atoms with Crippen LogP contribution in [0.25, 0.3) is 0 Å². The number of hydrogen-bond donors (Lipinski definition) is 3. The van der Waals surface area contributed by atoms with Gasteiger partial charge in [-0.3, -0.25) is 0 Å². The third-order valence-electron chi connectivity index (χ3n) is 6.18. The van der Waals surface area contributed by atoms with Crippen molar-refractivity contribution in [3.05, 3.63) is 65.7 Å². The number of benzene rings is 2. The molecule has 0 amide bonds. The lowest BCUT2D eigenvalue weighted by Gasteiger charge is -2.29. The highest BCUT2D eigenvalue weighted by atomic mass is 16.5. The van der Waals surface area contributed by atoms with Crippen LogP contribution in [0.1, 0.15) is 50.8 Å². The van der Waals surface area contributed by atoms with Crippen molar-refractivity contribution < 1.29 is 34.0 Å². The molecule has 8 nitrogen and oxygen atoms in total. The molecular weight excluding hydrogens is 486 g/mol. The summed E-state index contributed by atoms with van der Waals surface area (Å²) in [7, 11) is 4.96. The number of para-hydroxylation sites is 1. The number of methoxy groups -OCH3 is 3. The predicted octanol–water partition coefficient (Wildman–Crippen LogP) is 4.80. The van der Waals surface area contributed by atoms with Crippen molar-refractivity contribution in [3.63, 3.8) is 0 Å². The summed E-state index contributed by atoms with van der Waals surface area (Å²) in [6.45, 7) is 6.63. The number of rotatable bonds is 14. The zero-order chi connectivity index (χ0) is 28.1. The van der Waals surface area contributed by atoms with Crippen LogP contribution in [-0.4, -0.2) is 62.3 Å². The van der Waals surface area contributed by atoms with Gasteiger partial charge < -0.3 is 34.5 Å². The van der Waals surface area contributed by atoms with E-state index in [9.17, 15) is 9.90 Å². The fourth-order valence-electron chi connectivity index (χ4n) is 4.15. The van der Waals surface area contributed by atoms with Gasteiger partial charge in [0.05, 0.1) is 40.1 Å². The Labute approximate surface area is 226 Å². The molecule has 0 heterocycles. The van der Waals surface area contributed by atoms with E-state index in [-0.39, 0.29) is 18.2 Å². The van der Waals surface area contributed by atoms with Crippen LogP contribution < -0.4 is 19.5 Å². The van der Waals surface area contributed by atoms with Crippen molar-refractivity contribution >= 4 is 5.97 Å². The molecule has 210 valence electrons. The second-order valence-corrected chi connectivity index (χ2v) is 9.96. The van der Waals surface area contributed by atoms with Crippen LogP contribution in [0.2, 0.25) is 0 Å². The summed E-state index contributed by atoms with van der Waals surface area (Å²) < 4.78 is 22.4. The molecule has 1 saturated carbocycles. The molecule has 1 fully saturated rings. The first kappa shape index (κ1) is 31.1. The highest BCUT2D eigenvalue weighted by Crippen LogP contribution is 2.45. The van der Waals surface area contributed by atoms with Gasteiger partial charge in [-0.15, -0.1) is 0 Å². The minimum absolute atomic E-state index is 0.0411. The minimum atomic E-state index is -0.891. The number of β-amino-alcohol motifs (C(OH)–C–C–N with tert-alkyl or cyclic N) is 1. The van der Waals surface area contributed by atoms with Crippen LogP contribution >= 0.6 is 0 Å². The predicted molar refractivity (Wildman–Crippen MR) is 148 cm³/mol. The Morgan fingerprint density at radius 2 is 1.71 bits per heavy atom. The van der Waals surface area contributed by atoms with E-state index < -0.39 is 12.1 Å². The second-order valence-electron chi connectivity index (χ2n) is 9.96. The van der Waals surface area contributed by atoms with Gasteiger partial charge in [0.2, 0.25) is 0 Å². The van der Waals surface area contributed by atoms with Crippen molar-refractivity contribution in [2.75, 3.05) is 34.5 Å². The van der Waals surface area contributed by atoms with E-state index in [0.29, 0.717) is 12.5 Å². The van der Waals surface area contributed by atoms with Crippen LogP contribution in [0.3, 0.4) is 0 Å². The average molecular weight is 530 g/mol. The maximum absolute atomic E-state index is 10.6. The lowest BCUT2D eigenvalue weighted by atomic mass is 9.94. The number of carboxylic acid groups (broad SMARTS) is 1. The first-order valence-corrected chi connectivity index (χ1v) is 12.9. The lowest BCUT2D eigenvalue weighted by molar-refractivity contribution is -0.131. The Hall–Kier alpha value is -3.07. The van der Waals surface area contributed by atoms with Crippen LogP contribution in [0.4, 0.5) is 0 Å². The Morgan fingerprint density at radius 1 is 1.05 bits per heavy atom. The standard InChI is InChI=1S/C26H37NO5.C4H6O2/c1-26(2,15-18-10-13-23(30-4)24(14-18)31-5)27-16-20(28)17-32-25(19-11-12-19)21-8-6-7-9-22(21)29-3;1-2-3-4(5)6/h6-10,13-14,19-20,25,27-28H,11-12,15-17H2,1-5H3;2-3H,1H3,(H,5,6)/b;3-2+/t20-,25-;/m1./s1. The highest BCUT2D eigenvalue weighted by molar-refractivity contribution is 5.79. The Bertz CT molecular complexity index is 1030. The summed E-state index contributed by atoms with van der Waals surface area (Å²) in [5.41, 5.74) is 1.99. The molecule has 2 aromatic rings. The monoisotopic (exact) mass is 529 g/mol. The first-order chi connectivity index (χ1) is 18.1. The number of aliphatic hydroxyl groups is 1. The fraction of sp³-hybridized carbons (Fsp3) is 0.500. The highest BCUT2D eigenvalue weighted by Gasteiger charge is 2.35. The summed E-state index contributed by atoms with van der Waals surface area (Å²) in [4.78, 5) is 9.51. The van der Waals surface area contributed by atoms with Crippen LogP contribution in [-0.2, 0) is 16.0 Å². The van der Waals surface area contributed by atoms with Crippen LogP contribution in [0.5, 0.6) is 17.2 Å². The number of ether oxygens (including phenoxy) is 4. The summed E-state index contributed by atoms with van der Waals surface area (Å²) in [5.74, 6) is 1.88.